The van der Waals surface area contributed by atoms with E-state index < -0.39 is 0 Å². The molecule has 0 aliphatic heterocycles. The first-order valence-electron chi connectivity index (χ1n) is 6.03. The van der Waals surface area contributed by atoms with Crippen LogP contribution in [0.25, 0.3) is 0 Å². The molecule has 0 fully saturated rings. The van der Waals surface area contributed by atoms with Gasteiger partial charge in [-0.1, -0.05) is 0 Å². The first-order valence-corrected chi connectivity index (χ1v) is 6.03. The summed E-state index contributed by atoms with van der Waals surface area (Å²) in [7, 11) is 4.72. The zero-order chi connectivity index (χ0) is 14.5. The lowest BCUT2D eigenvalue weighted by atomic mass is 10.2. The molecule has 106 valence electrons. The van der Waals surface area contributed by atoms with Crippen LogP contribution in [0.5, 0.6) is 17.2 Å². The van der Waals surface area contributed by atoms with Gasteiger partial charge in [-0.15, -0.1) is 0 Å². The van der Waals surface area contributed by atoms with Crippen LogP contribution < -0.4 is 19.5 Å². The van der Waals surface area contributed by atoms with Gasteiger partial charge >= 0.3 is 0 Å². The van der Waals surface area contributed by atoms with Crippen molar-refractivity contribution < 1.29 is 14.2 Å². The largest absolute Gasteiger partial charge is 0.493 e. The Hall–Kier alpha value is -2.50. The molecule has 0 saturated heterocycles. The Bertz CT molecular complexity index is 577. The summed E-state index contributed by atoms with van der Waals surface area (Å²) in [5.41, 5.74) is 1.61. The Morgan fingerprint density at radius 1 is 0.950 bits per heavy atom. The maximum atomic E-state index is 5.30. The second-order valence-corrected chi connectivity index (χ2v) is 4.08. The van der Waals surface area contributed by atoms with Gasteiger partial charge in [-0.05, 0) is 6.92 Å². The molecule has 1 aromatic carbocycles. The van der Waals surface area contributed by atoms with E-state index in [0.717, 1.165) is 11.4 Å². The monoisotopic (exact) mass is 275 g/mol. The van der Waals surface area contributed by atoms with Crippen molar-refractivity contribution in [2.75, 3.05) is 26.6 Å². The molecule has 1 N–H and O–H groups in total. The maximum Gasteiger partial charge on any atom is 0.203 e. The van der Waals surface area contributed by atoms with E-state index in [4.69, 9.17) is 14.2 Å². The summed E-state index contributed by atoms with van der Waals surface area (Å²) in [5, 5.41) is 3.16. The van der Waals surface area contributed by atoms with E-state index in [-0.39, 0.29) is 0 Å². The lowest BCUT2D eigenvalue weighted by Crippen LogP contribution is -1.99. The molecular formula is C14H17N3O3. The fourth-order valence-corrected chi connectivity index (χ4v) is 1.82. The molecule has 6 heteroatoms. The third kappa shape index (κ3) is 2.90. The zero-order valence-corrected chi connectivity index (χ0v) is 11.9. The number of hydrogen-bond donors (Lipinski definition) is 1. The van der Waals surface area contributed by atoms with Crippen molar-refractivity contribution in [3.05, 3.63) is 30.2 Å². The van der Waals surface area contributed by atoms with E-state index in [9.17, 15) is 0 Å². The number of nitrogens with one attached hydrogen (secondary N) is 1. The molecule has 2 rings (SSSR count). The summed E-state index contributed by atoms with van der Waals surface area (Å²) in [4.78, 5) is 8.42. The Labute approximate surface area is 117 Å². The van der Waals surface area contributed by atoms with Crippen LogP contribution in [0.15, 0.2) is 24.5 Å². The molecule has 6 nitrogen and oxygen atoms in total. The molecule has 0 radical (unpaired) electrons. The predicted molar refractivity (Wildman–Crippen MR) is 76.1 cm³/mol. The topological polar surface area (TPSA) is 65.5 Å². The first kappa shape index (κ1) is 13.9. The average molecular weight is 275 g/mol. The molecule has 20 heavy (non-hydrogen) atoms. The number of aromatic nitrogens is 2. The number of anilines is 2. The Morgan fingerprint density at radius 3 is 2.10 bits per heavy atom. The van der Waals surface area contributed by atoms with Gasteiger partial charge in [0.25, 0.3) is 0 Å². The minimum absolute atomic E-state index is 0.552. The predicted octanol–water partition coefficient (Wildman–Crippen LogP) is 2.55. The maximum absolute atomic E-state index is 5.30. The Kier molecular flexibility index (Phi) is 4.24. The minimum Gasteiger partial charge on any atom is -0.493 e. The third-order valence-corrected chi connectivity index (χ3v) is 2.69. The molecule has 0 atom stereocenters. The van der Waals surface area contributed by atoms with Crippen LogP contribution in [0.1, 0.15) is 5.69 Å². The van der Waals surface area contributed by atoms with E-state index in [1.54, 1.807) is 33.7 Å². The van der Waals surface area contributed by atoms with E-state index in [1.807, 2.05) is 19.1 Å². The normalized spacial score (nSPS) is 10.0. The van der Waals surface area contributed by atoms with Crippen molar-refractivity contribution >= 4 is 11.5 Å². The number of benzene rings is 1. The summed E-state index contributed by atoms with van der Waals surface area (Å²) in [5.74, 6) is 2.36. The molecule has 0 aliphatic rings. The van der Waals surface area contributed by atoms with Gasteiger partial charge in [0.05, 0.1) is 33.2 Å². The number of aryl methyl sites for hydroxylation is 1. The Balaban J connectivity index is 2.37. The molecular weight excluding hydrogens is 258 g/mol. The highest BCUT2D eigenvalue weighted by Gasteiger charge is 2.13. The van der Waals surface area contributed by atoms with Gasteiger partial charge in [-0.25, -0.2) is 4.98 Å². The fraction of sp³-hybridized carbons (Fsp3) is 0.286. The van der Waals surface area contributed by atoms with Crippen LogP contribution in [0.4, 0.5) is 11.5 Å². The van der Waals surface area contributed by atoms with Crippen LogP contribution >= 0.6 is 0 Å². The smallest absolute Gasteiger partial charge is 0.203 e. The van der Waals surface area contributed by atoms with E-state index in [1.165, 1.54) is 0 Å². The molecule has 0 unspecified atom stereocenters. The van der Waals surface area contributed by atoms with Crippen molar-refractivity contribution in [2.45, 2.75) is 6.92 Å². The molecule has 0 saturated carbocycles. The van der Waals surface area contributed by atoms with Gasteiger partial charge in [-0.2, -0.15) is 0 Å². The number of hydrogen-bond acceptors (Lipinski definition) is 6. The molecule has 2 aromatic rings. The Morgan fingerprint density at radius 2 is 1.60 bits per heavy atom. The number of rotatable bonds is 5. The summed E-state index contributed by atoms with van der Waals surface area (Å²) in [6, 6.07) is 3.62. The molecule has 1 heterocycles. The third-order valence-electron chi connectivity index (χ3n) is 2.69. The highest BCUT2D eigenvalue weighted by Crippen LogP contribution is 2.40. The van der Waals surface area contributed by atoms with Crippen LogP contribution in [-0.2, 0) is 0 Å². The van der Waals surface area contributed by atoms with Crippen LogP contribution in [0.2, 0.25) is 0 Å². The molecule has 0 spiro atoms. The lowest BCUT2D eigenvalue weighted by molar-refractivity contribution is 0.324. The van der Waals surface area contributed by atoms with Crippen molar-refractivity contribution in [2.24, 2.45) is 0 Å². The molecule has 0 aliphatic carbocycles. The van der Waals surface area contributed by atoms with E-state index in [2.05, 4.69) is 15.3 Å². The summed E-state index contributed by atoms with van der Waals surface area (Å²) in [6.45, 7) is 1.88. The number of methoxy groups -OCH3 is 3. The fourth-order valence-electron chi connectivity index (χ4n) is 1.82. The highest BCUT2D eigenvalue weighted by atomic mass is 16.5. The van der Waals surface area contributed by atoms with Crippen molar-refractivity contribution in [1.29, 1.82) is 0 Å². The van der Waals surface area contributed by atoms with Crippen molar-refractivity contribution in [3.63, 3.8) is 0 Å². The average Bonchev–Trinajstić information content (AvgIpc) is 2.46. The number of ether oxygens (including phenoxy) is 3. The van der Waals surface area contributed by atoms with E-state index >= 15 is 0 Å². The minimum atomic E-state index is 0.552. The van der Waals surface area contributed by atoms with Gasteiger partial charge in [-0.3, -0.25) is 4.98 Å². The van der Waals surface area contributed by atoms with Crippen LogP contribution in [0, 0.1) is 6.92 Å². The quantitative estimate of drug-likeness (QED) is 0.904. The van der Waals surface area contributed by atoms with Crippen molar-refractivity contribution in [3.8, 4) is 17.2 Å². The molecule has 0 bridgehead atoms. The van der Waals surface area contributed by atoms with Gasteiger partial charge in [0.1, 0.15) is 5.82 Å². The van der Waals surface area contributed by atoms with Gasteiger partial charge in [0.15, 0.2) is 11.5 Å². The first-order chi connectivity index (χ1) is 9.67. The molecule has 0 amide bonds. The van der Waals surface area contributed by atoms with E-state index in [0.29, 0.717) is 23.1 Å². The summed E-state index contributed by atoms with van der Waals surface area (Å²) < 4.78 is 15.9. The molecule has 1 aromatic heterocycles. The standard InChI is InChI=1S/C14H17N3O3/c1-9-7-15-8-13(16-9)17-10-5-11(18-2)14(20-4)12(6-10)19-3/h5-8H,1-4H3,(H,16,17). The second kappa shape index (κ2) is 6.10. The lowest BCUT2D eigenvalue weighted by Gasteiger charge is -2.14. The van der Waals surface area contributed by atoms with Crippen LogP contribution in [0.3, 0.4) is 0 Å². The number of nitrogens with zero attached hydrogens (tertiary/aromatic N) is 2. The highest BCUT2D eigenvalue weighted by molar-refractivity contribution is 5.66. The zero-order valence-electron chi connectivity index (χ0n) is 11.9. The van der Waals surface area contributed by atoms with Crippen molar-refractivity contribution in [1.82, 2.24) is 9.97 Å². The summed E-state index contributed by atoms with van der Waals surface area (Å²) >= 11 is 0. The van der Waals surface area contributed by atoms with Gasteiger partial charge < -0.3 is 19.5 Å². The second-order valence-electron chi connectivity index (χ2n) is 4.08. The van der Waals surface area contributed by atoms with Gasteiger partial charge in [0.2, 0.25) is 5.75 Å². The van der Waals surface area contributed by atoms with Gasteiger partial charge in [0, 0.05) is 24.0 Å². The SMILES string of the molecule is COc1cc(Nc2cncc(C)n2)cc(OC)c1OC. The summed E-state index contributed by atoms with van der Waals surface area (Å²) in [6.07, 6.45) is 3.34. The van der Waals surface area contributed by atoms with Crippen LogP contribution in [-0.4, -0.2) is 31.3 Å².